The van der Waals surface area contributed by atoms with Crippen LogP contribution < -0.4 is 0 Å². The summed E-state index contributed by atoms with van der Waals surface area (Å²) < 4.78 is 20.1. The first-order valence-electron chi connectivity index (χ1n) is 8.56. The van der Waals surface area contributed by atoms with Crippen LogP contribution in [0.25, 0.3) is 10.1 Å². The van der Waals surface area contributed by atoms with Gasteiger partial charge in [0.05, 0.1) is 0 Å². The van der Waals surface area contributed by atoms with E-state index in [1.54, 1.807) is 30.9 Å². The zero-order chi connectivity index (χ0) is 18.1. The molecule has 0 spiro atoms. The van der Waals surface area contributed by atoms with Gasteiger partial charge in [0.2, 0.25) is 0 Å². The van der Waals surface area contributed by atoms with Gasteiger partial charge in [0, 0.05) is 23.2 Å². The molecule has 1 amide bonds. The molecule has 0 bridgehead atoms. The van der Waals surface area contributed by atoms with Crippen LogP contribution in [0.1, 0.15) is 41.9 Å². The highest BCUT2D eigenvalue weighted by molar-refractivity contribution is 7.21. The fourth-order valence-electron chi connectivity index (χ4n) is 3.20. The van der Waals surface area contributed by atoms with Crippen molar-refractivity contribution >= 4 is 33.3 Å². The molecule has 0 N–H and O–H groups in total. The van der Waals surface area contributed by atoms with Crippen LogP contribution in [0.5, 0.6) is 0 Å². The van der Waals surface area contributed by atoms with Crippen LogP contribution >= 0.6 is 11.3 Å². The van der Waals surface area contributed by atoms with Crippen molar-refractivity contribution < 1.29 is 18.7 Å². The average Bonchev–Trinajstić information content (AvgIpc) is 2.93. The maximum atomic E-state index is 14.0. The number of carbonyl (C=O) groups is 2. The first kappa shape index (κ1) is 17.9. The Morgan fingerprint density at radius 2 is 2.00 bits per heavy atom. The third-order valence-electron chi connectivity index (χ3n) is 4.82. The molecule has 1 aliphatic heterocycles. The molecule has 4 nitrogen and oxygen atoms in total. The number of benzene rings is 1. The topological polar surface area (TPSA) is 46.6 Å². The molecule has 1 aromatic carbocycles. The van der Waals surface area contributed by atoms with Crippen LogP contribution in [-0.4, -0.2) is 36.0 Å². The molecule has 3 rings (SSSR count). The third kappa shape index (κ3) is 3.54. The molecule has 134 valence electrons. The number of aryl methyl sites for hydroxylation is 1. The largest absolute Gasteiger partial charge is 0.448 e. The van der Waals surface area contributed by atoms with Gasteiger partial charge in [-0.25, -0.2) is 9.18 Å². The van der Waals surface area contributed by atoms with Crippen molar-refractivity contribution in [2.24, 2.45) is 5.92 Å². The Morgan fingerprint density at radius 1 is 1.32 bits per heavy atom. The molecular weight excluding hydrogens is 341 g/mol. The van der Waals surface area contributed by atoms with Crippen LogP contribution in [0.15, 0.2) is 18.2 Å². The summed E-state index contributed by atoms with van der Waals surface area (Å²) in [5.41, 5.74) is 0.564. The molecule has 0 radical (unpaired) electrons. The number of nitrogens with zero attached hydrogens (tertiary/aromatic N) is 1. The first-order chi connectivity index (χ1) is 11.9. The van der Waals surface area contributed by atoms with Crippen molar-refractivity contribution in [2.45, 2.75) is 39.7 Å². The molecule has 1 fully saturated rings. The lowest BCUT2D eigenvalue weighted by Crippen LogP contribution is -2.44. The van der Waals surface area contributed by atoms with Gasteiger partial charge in [-0.15, -0.1) is 11.3 Å². The first-order valence-corrected chi connectivity index (χ1v) is 9.37. The van der Waals surface area contributed by atoms with E-state index in [1.165, 1.54) is 17.4 Å². The normalized spacial score (nSPS) is 16.9. The van der Waals surface area contributed by atoms with Crippen LogP contribution in [0.3, 0.4) is 0 Å². The van der Waals surface area contributed by atoms with Crippen LogP contribution in [-0.2, 0) is 9.53 Å². The Kier molecular flexibility index (Phi) is 5.08. The van der Waals surface area contributed by atoms with Gasteiger partial charge in [-0.05, 0) is 50.3 Å². The standard InChI is InChI=1S/C19H22FNO3S/c1-11-7-9-21(10-8-11)18(22)13(3)24-19(23)17-12(2)16-14(20)5-4-6-15(16)25-17/h4-6,11,13H,7-10H2,1-3H3. The number of rotatable bonds is 3. The highest BCUT2D eigenvalue weighted by atomic mass is 32.1. The predicted molar refractivity (Wildman–Crippen MR) is 96.4 cm³/mol. The monoisotopic (exact) mass is 363 g/mol. The molecular formula is C19H22FNO3S. The Balaban J connectivity index is 1.72. The Bertz CT molecular complexity index is 808. The minimum Gasteiger partial charge on any atom is -0.448 e. The second kappa shape index (κ2) is 7.12. The van der Waals surface area contributed by atoms with Crippen molar-refractivity contribution in [1.29, 1.82) is 0 Å². The van der Waals surface area contributed by atoms with Crippen LogP contribution in [0.2, 0.25) is 0 Å². The van der Waals surface area contributed by atoms with E-state index in [0.717, 1.165) is 12.8 Å². The van der Waals surface area contributed by atoms with E-state index in [9.17, 15) is 14.0 Å². The smallest absolute Gasteiger partial charge is 0.349 e. The van der Waals surface area contributed by atoms with Gasteiger partial charge in [-0.2, -0.15) is 0 Å². The highest BCUT2D eigenvalue weighted by Gasteiger charge is 2.28. The zero-order valence-electron chi connectivity index (χ0n) is 14.7. The lowest BCUT2D eigenvalue weighted by Gasteiger charge is -2.31. The number of likely N-dealkylation sites (tertiary alicyclic amines) is 1. The molecule has 25 heavy (non-hydrogen) atoms. The zero-order valence-corrected chi connectivity index (χ0v) is 15.5. The van der Waals surface area contributed by atoms with Crippen molar-refractivity contribution in [3.05, 3.63) is 34.5 Å². The van der Waals surface area contributed by atoms with Gasteiger partial charge in [-0.1, -0.05) is 13.0 Å². The van der Waals surface area contributed by atoms with E-state index in [4.69, 9.17) is 4.74 Å². The molecule has 1 saturated heterocycles. The van der Waals surface area contributed by atoms with Crippen molar-refractivity contribution in [1.82, 2.24) is 4.90 Å². The number of fused-ring (bicyclic) bond motifs is 1. The molecule has 0 saturated carbocycles. The number of thiophene rings is 1. The van der Waals surface area contributed by atoms with Crippen molar-refractivity contribution in [3.63, 3.8) is 0 Å². The fraction of sp³-hybridized carbons (Fsp3) is 0.474. The minimum absolute atomic E-state index is 0.162. The van der Waals surface area contributed by atoms with Gasteiger partial charge in [0.25, 0.3) is 5.91 Å². The minimum atomic E-state index is -0.838. The molecule has 1 atom stereocenters. The summed E-state index contributed by atoms with van der Waals surface area (Å²) in [7, 11) is 0. The quantitative estimate of drug-likeness (QED) is 0.770. The molecule has 0 aliphatic carbocycles. The van der Waals surface area contributed by atoms with Crippen LogP contribution in [0, 0.1) is 18.7 Å². The summed E-state index contributed by atoms with van der Waals surface area (Å²) in [4.78, 5) is 27.1. The molecule has 1 aliphatic rings. The van der Waals surface area contributed by atoms with Crippen LogP contribution in [0.4, 0.5) is 4.39 Å². The average molecular weight is 363 g/mol. The van der Waals surface area contributed by atoms with E-state index >= 15 is 0 Å². The summed E-state index contributed by atoms with van der Waals surface area (Å²) in [6.45, 7) is 6.89. The SMILES string of the molecule is Cc1c(C(=O)OC(C)C(=O)N2CCC(C)CC2)sc2cccc(F)c12. The Labute approximate surface area is 150 Å². The number of carbonyl (C=O) groups excluding carboxylic acids is 2. The number of halogens is 1. The molecule has 2 heterocycles. The van der Waals surface area contributed by atoms with Crippen molar-refractivity contribution in [2.75, 3.05) is 13.1 Å². The van der Waals surface area contributed by atoms with E-state index in [1.807, 2.05) is 0 Å². The molecule has 1 aromatic heterocycles. The lowest BCUT2D eigenvalue weighted by molar-refractivity contribution is -0.141. The number of hydrogen-bond acceptors (Lipinski definition) is 4. The van der Waals surface area contributed by atoms with Gasteiger partial charge >= 0.3 is 5.97 Å². The van der Waals surface area contributed by atoms with Gasteiger partial charge in [0.1, 0.15) is 10.7 Å². The summed E-state index contributed by atoms with van der Waals surface area (Å²) >= 11 is 1.20. The second-order valence-corrected chi connectivity index (χ2v) is 7.78. The fourth-order valence-corrected chi connectivity index (χ4v) is 4.30. The summed E-state index contributed by atoms with van der Waals surface area (Å²) in [6.07, 6.45) is 1.11. The number of ether oxygens (including phenoxy) is 1. The van der Waals surface area contributed by atoms with Gasteiger partial charge in [0.15, 0.2) is 6.10 Å². The molecule has 6 heteroatoms. The van der Waals surface area contributed by atoms with E-state index in [2.05, 4.69) is 6.92 Å². The summed E-state index contributed by atoms with van der Waals surface area (Å²) in [5.74, 6) is -0.454. The van der Waals surface area contributed by atoms with Crippen molar-refractivity contribution in [3.8, 4) is 0 Å². The second-order valence-electron chi connectivity index (χ2n) is 6.72. The highest BCUT2D eigenvalue weighted by Crippen LogP contribution is 2.33. The number of piperidine rings is 1. The Hall–Kier alpha value is -1.95. The summed E-state index contributed by atoms with van der Waals surface area (Å²) in [5, 5.41) is 0.448. The summed E-state index contributed by atoms with van der Waals surface area (Å²) in [6, 6.07) is 4.77. The number of hydrogen-bond donors (Lipinski definition) is 0. The molecule has 2 aromatic rings. The van der Waals surface area contributed by atoms with E-state index < -0.39 is 12.1 Å². The molecule has 1 unspecified atom stereocenters. The maximum Gasteiger partial charge on any atom is 0.349 e. The van der Waals surface area contributed by atoms with Gasteiger partial charge < -0.3 is 9.64 Å². The maximum absolute atomic E-state index is 14.0. The number of amides is 1. The Morgan fingerprint density at radius 3 is 2.64 bits per heavy atom. The van der Waals surface area contributed by atoms with Gasteiger partial charge in [-0.3, -0.25) is 4.79 Å². The number of esters is 1. The predicted octanol–water partition coefficient (Wildman–Crippen LogP) is 4.15. The third-order valence-corrected chi connectivity index (χ3v) is 6.05. The van der Waals surface area contributed by atoms with E-state index in [0.29, 0.717) is 39.5 Å². The van der Waals surface area contributed by atoms with E-state index in [-0.39, 0.29) is 11.7 Å². The lowest BCUT2D eigenvalue weighted by atomic mass is 9.99.